The monoisotopic (exact) mass is 383 g/mol. The summed E-state index contributed by atoms with van der Waals surface area (Å²) in [6.07, 6.45) is 7.41. The molecule has 1 amide bonds. The summed E-state index contributed by atoms with van der Waals surface area (Å²) in [6, 6.07) is -0.351. The molecule has 2 aliphatic rings. The molecule has 0 aromatic carbocycles. The standard InChI is InChI=1S/C18H29N3O4S/c1-17(2,3)25-16(22)21-10-6-7-14(12-21)20-26(23,24)15-8-9-18(4,5)13-19-11-15/h8-9,11,13-14,20H,6-7,10,12H2,1-5H3. The highest BCUT2D eigenvalue weighted by Gasteiger charge is 2.30. The second-order valence-electron chi connectivity index (χ2n) is 8.35. The lowest BCUT2D eigenvalue weighted by Gasteiger charge is -2.34. The Bertz CT molecular complexity index is 730. The van der Waals surface area contributed by atoms with Crippen LogP contribution in [0.25, 0.3) is 0 Å². The summed E-state index contributed by atoms with van der Waals surface area (Å²) in [5.41, 5.74) is -0.879. The second kappa shape index (κ2) is 7.52. The number of amides is 1. The van der Waals surface area contributed by atoms with Gasteiger partial charge in [-0.1, -0.05) is 19.9 Å². The van der Waals surface area contributed by atoms with E-state index in [1.165, 1.54) is 6.20 Å². The molecule has 0 saturated carbocycles. The second-order valence-corrected chi connectivity index (χ2v) is 10.1. The van der Waals surface area contributed by atoms with Crippen LogP contribution in [0.1, 0.15) is 47.5 Å². The lowest BCUT2D eigenvalue weighted by molar-refractivity contribution is 0.0195. The molecule has 0 aliphatic carbocycles. The molecular formula is C18H29N3O4S. The van der Waals surface area contributed by atoms with Gasteiger partial charge in [0.25, 0.3) is 0 Å². The Morgan fingerprint density at radius 2 is 2.08 bits per heavy atom. The Hall–Kier alpha value is -1.67. The van der Waals surface area contributed by atoms with Gasteiger partial charge in [0, 0.05) is 37.0 Å². The zero-order valence-electron chi connectivity index (χ0n) is 16.2. The smallest absolute Gasteiger partial charge is 0.410 e. The lowest BCUT2D eigenvalue weighted by atomic mass is 9.95. The molecule has 26 heavy (non-hydrogen) atoms. The van der Waals surface area contributed by atoms with Crippen molar-refractivity contribution in [1.82, 2.24) is 9.62 Å². The Labute approximate surface area is 156 Å². The van der Waals surface area contributed by atoms with E-state index in [4.69, 9.17) is 4.74 Å². The first-order chi connectivity index (χ1) is 11.9. The molecule has 0 radical (unpaired) electrons. The fraction of sp³-hybridized carbons (Fsp3) is 0.667. The summed E-state index contributed by atoms with van der Waals surface area (Å²) in [6.45, 7) is 10.2. The van der Waals surface area contributed by atoms with Crippen molar-refractivity contribution in [2.45, 2.75) is 59.1 Å². The lowest BCUT2D eigenvalue weighted by Crippen LogP contribution is -2.50. The number of hydrogen-bond donors (Lipinski definition) is 1. The molecule has 7 nitrogen and oxygen atoms in total. The molecular weight excluding hydrogens is 354 g/mol. The first-order valence-corrected chi connectivity index (χ1v) is 10.3. The average molecular weight is 384 g/mol. The van der Waals surface area contributed by atoms with Crippen LogP contribution in [-0.2, 0) is 14.8 Å². The Balaban J connectivity index is 2.04. The number of carbonyl (C=O) groups excluding carboxylic acids is 1. The minimum absolute atomic E-state index is 0.119. The van der Waals surface area contributed by atoms with Crippen LogP contribution in [0.4, 0.5) is 4.79 Å². The third-order valence-electron chi connectivity index (χ3n) is 3.99. The number of ether oxygens (including phenoxy) is 1. The largest absolute Gasteiger partial charge is 0.444 e. The van der Waals surface area contributed by atoms with Gasteiger partial charge in [-0.2, -0.15) is 0 Å². The molecule has 2 aliphatic heterocycles. The minimum atomic E-state index is -3.71. The summed E-state index contributed by atoms with van der Waals surface area (Å²) in [4.78, 5) is 18.0. The van der Waals surface area contributed by atoms with E-state index in [-0.39, 0.29) is 16.4 Å². The van der Waals surface area contributed by atoms with Crippen LogP contribution >= 0.6 is 0 Å². The zero-order chi connectivity index (χ0) is 19.6. The number of piperidine rings is 1. The number of carbonyl (C=O) groups is 1. The number of allylic oxidation sites excluding steroid dienone is 2. The first-order valence-electron chi connectivity index (χ1n) is 8.82. The SMILES string of the molecule is CC1(C)C=CC(S(=O)(=O)NC2CCCN(C(=O)OC(C)(C)C)C2)=CN=C1. The molecule has 1 atom stereocenters. The number of rotatable bonds is 3. The maximum absolute atomic E-state index is 12.7. The molecule has 0 aromatic heterocycles. The minimum Gasteiger partial charge on any atom is -0.444 e. The molecule has 0 bridgehead atoms. The number of aliphatic imine (C=N–C) groups is 1. The average Bonchev–Trinajstić information content (AvgIpc) is 2.66. The number of nitrogens with zero attached hydrogens (tertiary/aromatic N) is 2. The van der Waals surface area contributed by atoms with Crippen molar-refractivity contribution in [2.24, 2.45) is 10.4 Å². The van der Waals surface area contributed by atoms with Gasteiger partial charge in [0.05, 0.1) is 4.91 Å². The summed E-state index contributed by atoms with van der Waals surface area (Å²) in [7, 11) is -3.71. The van der Waals surface area contributed by atoms with Crippen molar-refractivity contribution in [3.63, 3.8) is 0 Å². The van der Waals surface area contributed by atoms with Gasteiger partial charge in [-0.25, -0.2) is 17.9 Å². The molecule has 1 N–H and O–H groups in total. The fourth-order valence-corrected chi connectivity index (χ4v) is 3.91. The van der Waals surface area contributed by atoms with Crippen LogP contribution in [-0.4, -0.2) is 50.4 Å². The van der Waals surface area contributed by atoms with Crippen LogP contribution < -0.4 is 4.72 Å². The predicted molar refractivity (Wildman–Crippen MR) is 102 cm³/mol. The van der Waals surface area contributed by atoms with Gasteiger partial charge in [0.15, 0.2) is 0 Å². The predicted octanol–water partition coefficient (Wildman–Crippen LogP) is 2.81. The van der Waals surface area contributed by atoms with Gasteiger partial charge in [-0.3, -0.25) is 4.99 Å². The van der Waals surface area contributed by atoms with E-state index in [1.54, 1.807) is 17.2 Å². The van der Waals surface area contributed by atoms with Crippen LogP contribution in [0.15, 0.2) is 28.2 Å². The Morgan fingerprint density at radius 3 is 2.73 bits per heavy atom. The number of nitrogens with one attached hydrogen (secondary N) is 1. The molecule has 8 heteroatoms. The molecule has 146 valence electrons. The Morgan fingerprint density at radius 1 is 1.38 bits per heavy atom. The Kier molecular flexibility index (Phi) is 5.97. The van der Waals surface area contributed by atoms with Crippen molar-refractivity contribution in [3.05, 3.63) is 23.3 Å². The van der Waals surface area contributed by atoms with Crippen molar-refractivity contribution >= 4 is 22.3 Å². The first kappa shape index (κ1) is 20.6. The third kappa shape index (κ3) is 5.95. The van der Waals surface area contributed by atoms with Gasteiger partial charge in [-0.05, 0) is 39.7 Å². The number of hydrogen-bond acceptors (Lipinski definition) is 5. The van der Waals surface area contributed by atoms with E-state index in [2.05, 4.69) is 9.71 Å². The third-order valence-corrected chi connectivity index (χ3v) is 5.50. The summed E-state index contributed by atoms with van der Waals surface area (Å²) >= 11 is 0. The molecule has 0 spiro atoms. The van der Waals surface area contributed by atoms with Crippen LogP contribution in [0.5, 0.6) is 0 Å². The molecule has 1 saturated heterocycles. The maximum atomic E-state index is 12.7. The number of sulfonamides is 1. The van der Waals surface area contributed by atoms with E-state index >= 15 is 0 Å². The maximum Gasteiger partial charge on any atom is 0.410 e. The molecule has 0 aromatic rings. The highest BCUT2D eigenvalue weighted by molar-refractivity contribution is 7.93. The van der Waals surface area contributed by atoms with Crippen molar-refractivity contribution in [1.29, 1.82) is 0 Å². The van der Waals surface area contributed by atoms with Gasteiger partial charge in [0.1, 0.15) is 5.60 Å². The van der Waals surface area contributed by atoms with Gasteiger partial charge >= 0.3 is 6.09 Å². The summed E-state index contributed by atoms with van der Waals surface area (Å²) < 4.78 is 33.4. The van der Waals surface area contributed by atoms with Crippen molar-refractivity contribution in [2.75, 3.05) is 13.1 Å². The highest BCUT2D eigenvalue weighted by atomic mass is 32.2. The summed E-state index contributed by atoms with van der Waals surface area (Å²) in [5.74, 6) is 0. The van der Waals surface area contributed by atoms with Crippen molar-refractivity contribution < 1.29 is 17.9 Å². The summed E-state index contributed by atoms with van der Waals surface area (Å²) in [5, 5.41) is 0. The van der Waals surface area contributed by atoms with E-state index < -0.39 is 21.7 Å². The fourth-order valence-electron chi connectivity index (χ4n) is 2.70. The molecule has 2 rings (SSSR count). The van der Waals surface area contributed by atoms with Gasteiger partial charge < -0.3 is 9.64 Å². The molecule has 1 fully saturated rings. The van der Waals surface area contributed by atoms with Gasteiger partial charge in [-0.15, -0.1) is 0 Å². The van der Waals surface area contributed by atoms with Gasteiger partial charge in [0.2, 0.25) is 10.0 Å². The molecule has 1 unspecified atom stereocenters. The van der Waals surface area contributed by atoms with Crippen molar-refractivity contribution in [3.8, 4) is 0 Å². The van der Waals surface area contributed by atoms with E-state index in [0.717, 1.165) is 0 Å². The quantitative estimate of drug-likeness (QED) is 0.812. The van der Waals surface area contributed by atoms with Crippen LogP contribution in [0, 0.1) is 5.41 Å². The van der Waals surface area contributed by atoms with Crippen LogP contribution in [0.3, 0.4) is 0 Å². The normalized spacial score (nSPS) is 23.3. The van der Waals surface area contributed by atoms with E-state index in [1.807, 2.05) is 40.7 Å². The number of likely N-dealkylation sites (tertiary alicyclic amines) is 1. The molecule has 2 heterocycles. The highest BCUT2D eigenvalue weighted by Crippen LogP contribution is 2.22. The van der Waals surface area contributed by atoms with Crippen LogP contribution in [0.2, 0.25) is 0 Å². The zero-order valence-corrected chi connectivity index (χ0v) is 17.0. The van der Waals surface area contributed by atoms with E-state index in [0.29, 0.717) is 25.9 Å². The topological polar surface area (TPSA) is 88.1 Å². The van der Waals surface area contributed by atoms with E-state index in [9.17, 15) is 13.2 Å².